The molecule has 0 aliphatic heterocycles. The van der Waals surface area contributed by atoms with Crippen molar-refractivity contribution in [3.8, 4) is 5.75 Å². The number of carbonyl (C=O) groups is 1. The van der Waals surface area contributed by atoms with E-state index in [-0.39, 0.29) is 6.03 Å². The van der Waals surface area contributed by atoms with E-state index < -0.39 is 0 Å². The number of rotatable bonds is 7. The van der Waals surface area contributed by atoms with E-state index in [1.807, 2.05) is 13.8 Å². The second kappa shape index (κ2) is 8.61. The summed E-state index contributed by atoms with van der Waals surface area (Å²) in [5.41, 5.74) is 0.545. The van der Waals surface area contributed by atoms with Gasteiger partial charge in [0.1, 0.15) is 0 Å². The number of hydrogen-bond donors (Lipinski definition) is 2. The van der Waals surface area contributed by atoms with Crippen molar-refractivity contribution in [2.45, 2.75) is 13.8 Å². The van der Waals surface area contributed by atoms with E-state index in [0.29, 0.717) is 42.8 Å². The summed E-state index contributed by atoms with van der Waals surface area (Å²) in [4.78, 5) is 11.7. The highest BCUT2D eigenvalue weighted by molar-refractivity contribution is 6.32. The molecule has 2 amide bonds. The maximum absolute atomic E-state index is 11.7. The van der Waals surface area contributed by atoms with Gasteiger partial charge in [-0.3, -0.25) is 0 Å². The molecule has 0 saturated carbocycles. The number of ether oxygens (including phenoxy) is 2. The number of hydrogen-bond acceptors (Lipinski definition) is 3. The lowest BCUT2D eigenvalue weighted by Crippen LogP contribution is -2.31. The fourth-order valence-corrected chi connectivity index (χ4v) is 1.67. The average Bonchev–Trinajstić information content (AvgIpc) is 2.39. The first-order valence-corrected chi connectivity index (χ1v) is 6.60. The topological polar surface area (TPSA) is 59.6 Å². The van der Waals surface area contributed by atoms with Gasteiger partial charge in [-0.2, -0.15) is 0 Å². The molecule has 0 radical (unpaired) electrons. The van der Waals surface area contributed by atoms with Crippen LogP contribution in [0.15, 0.2) is 18.2 Å². The summed E-state index contributed by atoms with van der Waals surface area (Å²) in [7, 11) is 0. The number of halogens is 1. The van der Waals surface area contributed by atoms with Gasteiger partial charge in [0.15, 0.2) is 5.75 Å². The van der Waals surface area contributed by atoms with E-state index in [0.717, 1.165) is 0 Å². The molecule has 0 spiro atoms. The molecule has 0 atom stereocenters. The molecule has 0 heterocycles. The second-order valence-corrected chi connectivity index (χ2v) is 4.03. The zero-order valence-corrected chi connectivity index (χ0v) is 11.9. The van der Waals surface area contributed by atoms with Gasteiger partial charge in [0.05, 0.1) is 23.9 Å². The number of nitrogens with one attached hydrogen (secondary N) is 2. The quantitative estimate of drug-likeness (QED) is 0.758. The number of urea groups is 1. The zero-order chi connectivity index (χ0) is 14.1. The average molecular weight is 287 g/mol. The summed E-state index contributed by atoms with van der Waals surface area (Å²) in [6, 6.07) is 4.88. The second-order valence-electron chi connectivity index (χ2n) is 3.63. The Morgan fingerprint density at radius 1 is 1.32 bits per heavy atom. The number of amides is 2. The standard InChI is InChI=1S/C13H19ClN2O3/c1-3-18-9-8-15-13(17)16-11-7-5-6-10(14)12(11)19-4-2/h5-7H,3-4,8-9H2,1-2H3,(H2,15,16,17). The van der Waals surface area contributed by atoms with Crippen molar-refractivity contribution in [1.82, 2.24) is 5.32 Å². The first kappa shape index (κ1) is 15.6. The van der Waals surface area contributed by atoms with Gasteiger partial charge < -0.3 is 20.1 Å². The lowest BCUT2D eigenvalue weighted by molar-refractivity contribution is 0.150. The fourth-order valence-electron chi connectivity index (χ4n) is 1.45. The van der Waals surface area contributed by atoms with Gasteiger partial charge in [-0.15, -0.1) is 0 Å². The van der Waals surface area contributed by atoms with Gasteiger partial charge in [0.25, 0.3) is 0 Å². The summed E-state index contributed by atoms with van der Waals surface area (Å²) in [6.45, 7) is 5.80. The van der Waals surface area contributed by atoms with Gasteiger partial charge >= 0.3 is 6.03 Å². The maximum atomic E-state index is 11.7. The molecule has 1 rings (SSSR count). The van der Waals surface area contributed by atoms with Gasteiger partial charge in [0, 0.05) is 13.2 Å². The molecule has 2 N–H and O–H groups in total. The summed E-state index contributed by atoms with van der Waals surface area (Å²) in [5.74, 6) is 0.478. The van der Waals surface area contributed by atoms with Crippen LogP contribution in [0.3, 0.4) is 0 Å². The summed E-state index contributed by atoms with van der Waals surface area (Å²) in [6.07, 6.45) is 0. The Kier molecular flexibility index (Phi) is 7.07. The Morgan fingerprint density at radius 2 is 2.11 bits per heavy atom. The molecule has 106 valence electrons. The third-order valence-electron chi connectivity index (χ3n) is 2.24. The minimum atomic E-state index is -0.317. The van der Waals surface area contributed by atoms with Crippen LogP contribution in [0.25, 0.3) is 0 Å². The maximum Gasteiger partial charge on any atom is 0.319 e. The van der Waals surface area contributed by atoms with Crippen LogP contribution < -0.4 is 15.4 Å². The van der Waals surface area contributed by atoms with E-state index in [1.165, 1.54) is 0 Å². The van der Waals surface area contributed by atoms with Gasteiger partial charge in [-0.05, 0) is 26.0 Å². The highest BCUT2D eigenvalue weighted by atomic mass is 35.5. The molecule has 5 nitrogen and oxygen atoms in total. The number of carbonyl (C=O) groups excluding carboxylic acids is 1. The van der Waals surface area contributed by atoms with Gasteiger partial charge in [-0.25, -0.2) is 4.79 Å². The molecular formula is C13H19ClN2O3. The molecule has 19 heavy (non-hydrogen) atoms. The summed E-state index contributed by atoms with van der Waals surface area (Å²) in [5, 5.41) is 5.85. The molecule has 0 unspecified atom stereocenters. The lowest BCUT2D eigenvalue weighted by Gasteiger charge is -2.13. The van der Waals surface area contributed by atoms with Crippen molar-refractivity contribution in [2.24, 2.45) is 0 Å². The van der Waals surface area contributed by atoms with Crippen molar-refractivity contribution in [3.63, 3.8) is 0 Å². The predicted molar refractivity (Wildman–Crippen MR) is 76.1 cm³/mol. The molecule has 0 aromatic heterocycles. The van der Waals surface area contributed by atoms with Crippen LogP contribution in [-0.4, -0.2) is 32.4 Å². The minimum absolute atomic E-state index is 0.317. The predicted octanol–water partition coefficient (Wildman–Crippen LogP) is 2.90. The van der Waals surface area contributed by atoms with Crippen LogP contribution >= 0.6 is 11.6 Å². The van der Waals surface area contributed by atoms with Crippen LogP contribution in [0.2, 0.25) is 5.02 Å². The van der Waals surface area contributed by atoms with Crippen molar-refractivity contribution in [3.05, 3.63) is 23.2 Å². The Balaban J connectivity index is 2.56. The first-order chi connectivity index (χ1) is 9.19. The third-order valence-corrected chi connectivity index (χ3v) is 2.54. The largest absolute Gasteiger partial charge is 0.490 e. The third kappa shape index (κ3) is 5.36. The molecule has 1 aromatic carbocycles. The van der Waals surface area contributed by atoms with E-state index in [1.54, 1.807) is 18.2 Å². The molecule has 0 aliphatic rings. The fraction of sp³-hybridized carbons (Fsp3) is 0.462. The molecule has 1 aromatic rings. The van der Waals surface area contributed by atoms with Crippen molar-refractivity contribution >= 4 is 23.3 Å². The Bertz CT molecular complexity index is 413. The Hall–Kier alpha value is -1.46. The van der Waals surface area contributed by atoms with Crippen molar-refractivity contribution in [2.75, 3.05) is 31.7 Å². The minimum Gasteiger partial charge on any atom is -0.490 e. The van der Waals surface area contributed by atoms with E-state index in [2.05, 4.69) is 10.6 Å². The summed E-state index contributed by atoms with van der Waals surface area (Å²) >= 11 is 6.02. The number of benzene rings is 1. The highest BCUT2D eigenvalue weighted by Crippen LogP contribution is 2.32. The monoisotopic (exact) mass is 286 g/mol. The molecule has 0 fully saturated rings. The molecule has 0 saturated heterocycles. The lowest BCUT2D eigenvalue weighted by atomic mass is 10.3. The van der Waals surface area contributed by atoms with Gasteiger partial charge in [0.2, 0.25) is 0 Å². The smallest absolute Gasteiger partial charge is 0.319 e. The molecule has 6 heteroatoms. The van der Waals surface area contributed by atoms with E-state index in [4.69, 9.17) is 21.1 Å². The van der Waals surface area contributed by atoms with Crippen LogP contribution in [0, 0.1) is 0 Å². The molecular weight excluding hydrogens is 268 g/mol. The van der Waals surface area contributed by atoms with Crippen LogP contribution in [-0.2, 0) is 4.74 Å². The molecule has 0 aliphatic carbocycles. The van der Waals surface area contributed by atoms with E-state index >= 15 is 0 Å². The van der Waals surface area contributed by atoms with Crippen molar-refractivity contribution in [1.29, 1.82) is 0 Å². The highest BCUT2D eigenvalue weighted by Gasteiger charge is 2.10. The number of anilines is 1. The number of para-hydroxylation sites is 1. The summed E-state index contributed by atoms with van der Waals surface area (Å²) < 4.78 is 10.5. The zero-order valence-electron chi connectivity index (χ0n) is 11.2. The Labute approximate surface area is 118 Å². The normalized spacial score (nSPS) is 10.1. The molecule has 0 bridgehead atoms. The SMILES string of the molecule is CCOCCNC(=O)Nc1cccc(Cl)c1OCC. The van der Waals surface area contributed by atoms with Crippen LogP contribution in [0.1, 0.15) is 13.8 Å². The Morgan fingerprint density at radius 3 is 2.79 bits per heavy atom. The van der Waals surface area contributed by atoms with Crippen LogP contribution in [0.5, 0.6) is 5.75 Å². The van der Waals surface area contributed by atoms with Crippen molar-refractivity contribution < 1.29 is 14.3 Å². The first-order valence-electron chi connectivity index (χ1n) is 6.23. The van der Waals surface area contributed by atoms with E-state index in [9.17, 15) is 4.79 Å². The van der Waals surface area contributed by atoms with Crippen LogP contribution in [0.4, 0.5) is 10.5 Å². The van der Waals surface area contributed by atoms with Gasteiger partial charge in [-0.1, -0.05) is 17.7 Å².